The zero-order valence-electron chi connectivity index (χ0n) is 10.3. The molecule has 0 amide bonds. The Labute approximate surface area is 118 Å². The molecule has 0 aliphatic carbocycles. The summed E-state index contributed by atoms with van der Waals surface area (Å²) in [5, 5.41) is 0. The van der Waals surface area contributed by atoms with E-state index in [-0.39, 0.29) is 22.8 Å². The number of hydrogen-bond donors (Lipinski definition) is 0. The van der Waals surface area contributed by atoms with Crippen LogP contribution in [0.4, 0.5) is 0 Å². The van der Waals surface area contributed by atoms with Gasteiger partial charge in [0.2, 0.25) is 12.3 Å². The molecule has 2 rings (SSSR count). The van der Waals surface area contributed by atoms with Crippen molar-refractivity contribution in [1.29, 1.82) is 0 Å². The van der Waals surface area contributed by atoms with Crippen LogP contribution in [0.2, 0.25) is 0 Å². The van der Waals surface area contributed by atoms with Crippen LogP contribution in [0.15, 0.2) is 54.7 Å². The lowest BCUT2D eigenvalue weighted by atomic mass is 10.1. The van der Waals surface area contributed by atoms with E-state index in [4.69, 9.17) is 0 Å². The van der Waals surface area contributed by atoms with E-state index < -0.39 is 0 Å². The van der Waals surface area contributed by atoms with Crippen LogP contribution in [0.5, 0.6) is 0 Å². The first-order chi connectivity index (χ1) is 8.31. The first-order valence-electron chi connectivity index (χ1n) is 5.87. The summed E-state index contributed by atoms with van der Waals surface area (Å²) in [4.78, 5) is 12.1. The quantitative estimate of drug-likeness (QED) is 0.547. The molecular weight excluding hydrogens is 290 g/mol. The average molecular weight is 306 g/mol. The zero-order valence-corrected chi connectivity index (χ0v) is 11.9. The van der Waals surface area contributed by atoms with Gasteiger partial charge in [-0.25, -0.2) is 0 Å². The Kier molecular flexibility index (Phi) is 5.72. The van der Waals surface area contributed by atoms with Gasteiger partial charge in [-0.3, -0.25) is 4.79 Å². The summed E-state index contributed by atoms with van der Waals surface area (Å²) in [7, 11) is 0. The summed E-state index contributed by atoms with van der Waals surface area (Å²) in [6, 6.07) is 15.4. The molecule has 18 heavy (non-hydrogen) atoms. The van der Waals surface area contributed by atoms with Crippen LogP contribution >= 0.6 is 0 Å². The number of aryl methyl sites for hydroxylation is 1. The Balaban J connectivity index is 0.00000162. The molecule has 0 atom stereocenters. The van der Waals surface area contributed by atoms with Crippen molar-refractivity contribution >= 4 is 5.78 Å². The van der Waals surface area contributed by atoms with Crippen LogP contribution in [0.3, 0.4) is 0 Å². The highest BCUT2D eigenvalue weighted by Crippen LogP contribution is 2.01. The Morgan fingerprint density at radius 2 is 1.72 bits per heavy atom. The maximum atomic E-state index is 12.1. The molecule has 0 N–H and O–H groups in total. The highest BCUT2D eigenvalue weighted by molar-refractivity contribution is 5.94. The van der Waals surface area contributed by atoms with Crippen molar-refractivity contribution in [1.82, 2.24) is 0 Å². The van der Waals surface area contributed by atoms with Crippen molar-refractivity contribution < 1.29 is 26.3 Å². The van der Waals surface area contributed by atoms with Crippen LogP contribution in [-0.4, -0.2) is 5.78 Å². The van der Waals surface area contributed by atoms with Crippen molar-refractivity contribution in [3.05, 3.63) is 66.0 Å². The molecule has 1 heterocycles. The SMILES string of the molecule is CCc1cccc[n+]1CC(=O)c1ccccc1.[Br-]. The number of benzene rings is 1. The minimum absolute atomic E-state index is 0. The van der Waals surface area contributed by atoms with E-state index in [0.29, 0.717) is 6.54 Å². The van der Waals surface area contributed by atoms with Crippen molar-refractivity contribution in [2.75, 3.05) is 0 Å². The van der Waals surface area contributed by atoms with E-state index in [2.05, 4.69) is 13.0 Å². The Bertz CT molecular complexity index is 511. The van der Waals surface area contributed by atoms with Gasteiger partial charge in [0, 0.05) is 24.1 Å². The van der Waals surface area contributed by atoms with Crippen LogP contribution in [0.25, 0.3) is 0 Å². The normalized spacial score (nSPS) is 9.61. The molecule has 0 saturated carbocycles. The first kappa shape index (κ1) is 14.6. The number of halogens is 1. The molecule has 1 aromatic carbocycles. The summed E-state index contributed by atoms with van der Waals surface area (Å²) in [6.45, 7) is 2.51. The summed E-state index contributed by atoms with van der Waals surface area (Å²) < 4.78 is 2.01. The number of aromatic nitrogens is 1. The Hall–Kier alpha value is -1.48. The van der Waals surface area contributed by atoms with E-state index in [1.54, 1.807) is 0 Å². The number of carbonyl (C=O) groups is 1. The van der Waals surface area contributed by atoms with Crippen molar-refractivity contribution in [2.45, 2.75) is 19.9 Å². The second-order valence-corrected chi connectivity index (χ2v) is 3.96. The van der Waals surface area contributed by atoms with Crippen LogP contribution < -0.4 is 21.5 Å². The van der Waals surface area contributed by atoms with E-state index in [0.717, 1.165) is 12.0 Å². The third-order valence-electron chi connectivity index (χ3n) is 2.81. The fraction of sp³-hybridized carbons (Fsp3) is 0.200. The van der Waals surface area contributed by atoms with Gasteiger partial charge in [-0.2, -0.15) is 4.57 Å². The summed E-state index contributed by atoms with van der Waals surface area (Å²) in [6.07, 6.45) is 2.89. The van der Waals surface area contributed by atoms with Gasteiger partial charge >= 0.3 is 0 Å². The minimum Gasteiger partial charge on any atom is -1.00 e. The van der Waals surface area contributed by atoms with Gasteiger partial charge in [-0.05, 0) is 0 Å². The maximum absolute atomic E-state index is 12.1. The van der Waals surface area contributed by atoms with Crippen LogP contribution in [0, 0.1) is 0 Å². The number of rotatable bonds is 4. The van der Waals surface area contributed by atoms with Crippen molar-refractivity contribution in [2.24, 2.45) is 0 Å². The van der Waals surface area contributed by atoms with Crippen LogP contribution in [0.1, 0.15) is 23.0 Å². The summed E-state index contributed by atoms with van der Waals surface area (Å²) in [5.41, 5.74) is 1.95. The molecule has 0 spiro atoms. The second-order valence-electron chi connectivity index (χ2n) is 3.96. The van der Waals surface area contributed by atoms with Crippen LogP contribution in [-0.2, 0) is 13.0 Å². The average Bonchev–Trinajstić information content (AvgIpc) is 2.40. The van der Waals surface area contributed by atoms with Crippen molar-refractivity contribution in [3.8, 4) is 0 Å². The minimum atomic E-state index is 0. The van der Waals surface area contributed by atoms with Gasteiger partial charge in [0.15, 0.2) is 11.9 Å². The molecule has 0 unspecified atom stereocenters. The van der Waals surface area contributed by atoms with E-state index in [1.165, 1.54) is 5.69 Å². The van der Waals surface area contributed by atoms with Gasteiger partial charge < -0.3 is 17.0 Å². The molecule has 0 aliphatic heterocycles. The van der Waals surface area contributed by atoms with Gasteiger partial charge in [-0.15, -0.1) is 0 Å². The molecule has 94 valence electrons. The predicted octanol–water partition coefficient (Wildman–Crippen LogP) is -0.577. The van der Waals surface area contributed by atoms with Crippen molar-refractivity contribution in [3.63, 3.8) is 0 Å². The number of pyridine rings is 1. The highest BCUT2D eigenvalue weighted by atomic mass is 79.9. The maximum Gasteiger partial charge on any atom is 0.227 e. The zero-order chi connectivity index (χ0) is 12.1. The summed E-state index contributed by atoms with van der Waals surface area (Å²) in [5.74, 6) is 0.150. The number of hydrogen-bond acceptors (Lipinski definition) is 1. The Morgan fingerprint density at radius 1 is 1.06 bits per heavy atom. The molecule has 3 heteroatoms. The van der Waals surface area contributed by atoms with Gasteiger partial charge in [0.1, 0.15) is 0 Å². The highest BCUT2D eigenvalue weighted by Gasteiger charge is 2.14. The largest absolute Gasteiger partial charge is 1.00 e. The fourth-order valence-electron chi connectivity index (χ4n) is 1.86. The first-order valence-corrected chi connectivity index (χ1v) is 5.87. The smallest absolute Gasteiger partial charge is 0.227 e. The number of ketones is 1. The predicted molar refractivity (Wildman–Crippen MR) is 66.8 cm³/mol. The lowest BCUT2D eigenvalue weighted by molar-refractivity contribution is -0.690. The van der Waals surface area contributed by atoms with E-state index >= 15 is 0 Å². The topological polar surface area (TPSA) is 20.9 Å². The van der Waals surface area contributed by atoms with Gasteiger partial charge in [0.05, 0.1) is 0 Å². The molecular formula is C15H16BrNO. The van der Waals surface area contributed by atoms with Gasteiger partial charge in [0.25, 0.3) is 0 Å². The second kappa shape index (κ2) is 7.07. The van der Waals surface area contributed by atoms with E-state index in [1.807, 2.05) is 53.2 Å². The molecule has 2 nitrogen and oxygen atoms in total. The fourth-order valence-corrected chi connectivity index (χ4v) is 1.86. The molecule has 0 bridgehead atoms. The lowest BCUT2D eigenvalue weighted by Crippen LogP contribution is -3.00. The third kappa shape index (κ3) is 3.50. The third-order valence-corrected chi connectivity index (χ3v) is 2.81. The molecule has 2 aromatic rings. The number of Topliss-reactive ketones (excluding diaryl/α,β-unsaturated/α-hetero) is 1. The Morgan fingerprint density at radius 3 is 2.39 bits per heavy atom. The lowest BCUT2D eigenvalue weighted by Gasteiger charge is -2.01. The monoisotopic (exact) mass is 305 g/mol. The molecule has 0 aliphatic rings. The standard InChI is InChI=1S/C15H16NO.BrH/c1-2-14-10-6-7-11-16(14)12-15(17)13-8-4-3-5-9-13;/h3-11H,2,12H2,1H3;1H/q+1;/p-1. The molecule has 0 radical (unpaired) electrons. The molecule has 1 aromatic heterocycles. The molecule has 0 fully saturated rings. The van der Waals surface area contributed by atoms with Gasteiger partial charge in [-0.1, -0.05) is 43.3 Å². The summed E-state index contributed by atoms with van der Waals surface area (Å²) >= 11 is 0. The molecule has 0 saturated heterocycles. The number of nitrogens with zero attached hydrogens (tertiary/aromatic N) is 1. The number of carbonyl (C=O) groups excluding carboxylic acids is 1. The van der Waals surface area contributed by atoms with E-state index in [9.17, 15) is 4.79 Å².